The number of nitrogens with one attached hydrogen (secondary N) is 1. The van der Waals surface area contributed by atoms with Crippen LogP contribution in [0.1, 0.15) is 24.2 Å². The third-order valence-electron chi connectivity index (χ3n) is 5.09. The molecule has 1 aromatic heterocycles. The van der Waals surface area contributed by atoms with Gasteiger partial charge in [-0.1, -0.05) is 35.9 Å². The number of halogens is 2. The number of hydrogen-bond acceptors (Lipinski definition) is 3. The highest BCUT2D eigenvalue weighted by atomic mass is 35.5. The average Bonchev–Trinajstić information content (AvgIpc) is 2.73. The molecule has 29 heavy (non-hydrogen) atoms. The molecule has 1 aliphatic heterocycles. The number of hydrogen-bond donors (Lipinski definition) is 1. The standard InChI is InChI=1S/C22H19ClFN3O2/c23-18-3-1-2-17-21(18)25-19(26-22(17)29)8-9-20(28)27-12-10-15(11-13-27)14-4-6-16(24)7-5-14/h1-7,10H,8-9,11-13H2,(H,25,26,29). The quantitative estimate of drug-likeness (QED) is 0.706. The highest BCUT2D eigenvalue weighted by Gasteiger charge is 2.18. The van der Waals surface area contributed by atoms with Crippen LogP contribution in [0.5, 0.6) is 0 Å². The monoisotopic (exact) mass is 411 g/mol. The first-order chi connectivity index (χ1) is 14.0. The number of aromatic nitrogens is 2. The number of fused-ring (bicyclic) bond motifs is 1. The molecule has 0 saturated carbocycles. The lowest BCUT2D eigenvalue weighted by molar-refractivity contribution is -0.130. The van der Waals surface area contributed by atoms with Crippen LogP contribution in [0.15, 0.2) is 53.3 Å². The lowest BCUT2D eigenvalue weighted by Crippen LogP contribution is -2.35. The van der Waals surface area contributed by atoms with Crippen LogP contribution in [0, 0.1) is 5.82 Å². The predicted molar refractivity (Wildman–Crippen MR) is 111 cm³/mol. The molecule has 2 heterocycles. The van der Waals surface area contributed by atoms with Gasteiger partial charge in [-0.2, -0.15) is 0 Å². The summed E-state index contributed by atoms with van der Waals surface area (Å²) in [5, 5.41) is 0.845. The van der Waals surface area contributed by atoms with Gasteiger partial charge in [-0.3, -0.25) is 9.59 Å². The van der Waals surface area contributed by atoms with Crippen LogP contribution in [-0.4, -0.2) is 33.9 Å². The summed E-state index contributed by atoms with van der Waals surface area (Å²) >= 11 is 6.14. The molecule has 0 atom stereocenters. The summed E-state index contributed by atoms with van der Waals surface area (Å²) in [7, 11) is 0. The summed E-state index contributed by atoms with van der Waals surface area (Å²) in [4.78, 5) is 33.7. The van der Waals surface area contributed by atoms with Crippen molar-refractivity contribution in [2.45, 2.75) is 19.3 Å². The number of benzene rings is 2. The topological polar surface area (TPSA) is 66.1 Å². The second-order valence-corrected chi connectivity index (χ2v) is 7.38. The van der Waals surface area contributed by atoms with Gasteiger partial charge in [0.1, 0.15) is 11.6 Å². The highest BCUT2D eigenvalue weighted by molar-refractivity contribution is 6.34. The van der Waals surface area contributed by atoms with Gasteiger partial charge in [0.05, 0.1) is 15.9 Å². The fourth-order valence-electron chi connectivity index (χ4n) is 3.50. The van der Waals surface area contributed by atoms with Crippen LogP contribution >= 0.6 is 11.6 Å². The average molecular weight is 412 g/mol. The number of aryl methyl sites for hydroxylation is 1. The molecule has 4 rings (SSSR count). The minimum atomic E-state index is -0.261. The second-order valence-electron chi connectivity index (χ2n) is 6.97. The van der Waals surface area contributed by atoms with E-state index < -0.39 is 0 Å². The molecule has 1 amide bonds. The van der Waals surface area contributed by atoms with Gasteiger partial charge in [-0.05, 0) is 41.8 Å². The molecule has 0 spiro atoms. The van der Waals surface area contributed by atoms with Crippen molar-refractivity contribution in [3.63, 3.8) is 0 Å². The van der Waals surface area contributed by atoms with Crippen LogP contribution in [-0.2, 0) is 11.2 Å². The molecule has 0 fully saturated rings. The maximum Gasteiger partial charge on any atom is 0.258 e. The van der Waals surface area contributed by atoms with Crippen LogP contribution in [0.2, 0.25) is 5.02 Å². The Balaban J connectivity index is 1.41. The molecule has 1 aliphatic rings. The van der Waals surface area contributed by atoms with E-state index in [0.717, 1.165) is 17.6 Å². The molecule has 1 N–H and O–H groups in total. The van der Waals surface area contributed by atoms with Gasteiger partial charge >= 0.3 is 0 Å². The zero-order valence-electron chi connectivity index (χ0n) is 15.6. The van der Waals surface area contributed by atoms with Gasteiger partial charge in [0.15, 0.2) is 0 Å². The number of amides is 1. The maximum absolute atomic E-state index is 13.1. The summed E-state index contributed by atoms with van der Waals surface area (Å²) in [5.74, 6) is 0.188. The zero-order valence-corrected chi connectivity index (χ0v) is 16.4. The number of aromatic amines is 1. The van der Waals surface area contributed by atoms with E-state index in [4.69, 9.17) is 11.6 Å². The minimum absolute atomic E-state index is 0.00121. The Morgan fingerprint density at radius 1 is 1.21 bits per heavy atom. The molecule has 2 aromatic carbocycles. The van der Waals surface area contributed by atoms with Crippen LogP contribution in [0.25, 0.3) is 16.5 Å². The predicted octanol–water partition coefficient (Wildman–Crippen LogP) is 3.96. The lowest BCUT2D eigenvalue weighted by atomic mass is 9.99. The first-order valence-corrected chi connectivity index (χ1v) is 9.79. The molecule has 7 heteroatoms. The molecular weight excluding hydrogens is 393 g/mol. The van der Waals surface area contributed by atoms with Crippen LogP contribution in [0.3, 0.4) is 0 Å². The van der Waals surface area contributed by atoms with E-state index >= 15 is 0 Å². The first-order valence-electron chi connectivity index (χ1n) is 9.41. The van der Waals surface area contributed by atoms with Crippen molar-refractivity contribution in [2.24, 2.45) is 0 Å². The molecule has 3 aromatic rings. The highest BCUT2D eigenvalue weighted by Crippen LogP contribution is 2.23. The van der Waals surface area contributed by atoms with Crippen molar-refractivity contribution in [1.82, 2.24) is 14.9 Å². The molecule has 5 nitrogen and oxygen atoms in total. The van der Waals surface area contributed by atoms with E-state index in [1.807, 2.05) is 6.08 Å². The van der Waals surface area contributed by atoms with Crippen LogP contribution < -0.4 is 5.56 Å². The van der Waals surface area contributed by atoms with Gasteiger partial charge < -0.3 is 9.88 Å². The SMILES string of the molecule is O=C(CCc1nc2c(Cl)cccc2c(=O)[nH]1)N1CC=C(c2ccc(F)cc2)CC1. The van der Waals surface area contributed by atoms with Gasteiger partial charge in [-0.25, -0.2) is 9.37 Å². The molecule has 0 saturated heterocycles. The lowest BCUT2D eigenvalue weighted by Gasteiger charge is -2.26. The smallest absolute Gasteiger partial charge is 0.258 e. The Bertz CT molecular complexity index is 1150. The Morgan fingerprint density at radius 3 is 2.72 bits per heavy atom. The molecule has 0 radical (unpaired) electrons. The number of rotatable bonds is 4. The van der Waals surface area contributed by atoms with Crippen molar-refractivity contribution >= 4 is 34.0 Å². The summed E-state index contributed by atoms with van der Waals surface area (Å²) in [5.41, 5.74) is 2.28. The van der Waals surface area contributed by atoms with E-state index in [1.54, 1.807) is 35.2 Å². The van der Waals surface area contributed by atoms with Gasteiger partial charge in [-0.15, -0.1) is 0 Å². The van der Waals surface area contributed by atoms with Gasteiger partial charge in [0.2, 0.25) is 5.91 Å². The molecule has 0 bridgehead atoms. The Hall–Kier alpha value is -2.99. The van der Waals surface area contributed by atoms with E-state index in [2.05, 4.69) is 9.97 Å². The maximum atomic E-state index is 13.1. The molecule has 0 aliphatic carbocycles. The van der Waals surface area contributed by atoms with E-state index in [9.17, 15) is 14.0 Å². The molecular formula is C22H19ClFN3O2. The second kappa shape index (κ2) is 8.17. The van der Waals surface area contributed by atoms with Gasteiger partial charge in [0, 0.05) is 25.9 Å². The van der Waals surface area contributed by atoms with E-state index in [-0.39, 0.29) is 23.7 Å². The third kappa shape index (κ3) is 4.22. The molecule has 148 valence electrons. The van der Waals surface area contributed by atoms with Crippen molar-refractivity contribution in [2.75, 3.05) is 13.1 Å². The molecule has 0 unspecified atom stereocenters. The third-order valence-corrected chi connectivity index (χ3v) is 5.39. The Labute approximate surface area is 171 Å². The summed E-state index contributed by atoms with van der Waals surface area (Å²) < 4.78 is 13.1. The van der Waals surface area contributed by atoms with Crippen molar-refractivity contribution in [3.8, 4) is 0 Å². The van der Waals surface area contributed by atoms with Crippen molar-refractivity contribution in [3.05, 3.63) is 81.1 Å². The fourth-order valence-corrected chi connectivity index (χ4v) is 3.71. The number of carbonyl (C=O) groups is 1. The number of para-hydroxylation sites is 1. The number of carbonyl (C=O) groups excluding carboxylic acids is 1. The van der Waals surface area contributed by atoms with Crippen molar-refractivity contribution in [1.29, 1.82) is 0 Å². The normalized spacial score (nSPS) is 14.1. The summed E-state index contributed by atoms with van der Waals surface area (Å²) in [6.45, 7) is 1.12. The van der Waals surface area contributed by atoms with Gasteiger partial charge in [0.25, 0.3) is 5.56 Å². The van der Waals surface area contributed by atoms with Crippen molar-refractivity contribution < 1.29 is 9.18 Å². The number of H-pyrrole nitrogens is 1. The van der Waals surface area contributed by atoms with E-state index in [0.29, 0.717) is 41.3 Å². The first kappa shape index (κ1) is 19.3. The Morgan fingerprint density at radius 2 is 2.00 bits per heavy atom. The van der Waals surface area contributed by atoms with E-state index in [1.165, 1.54) is 12.1 Å². The fraction of sp³-hybridized carbons (Fsp3) is 0.227. The minimum Gasteiger partial charge on any atom is -0.339 e. The van der Waals surface area contributed by atoms with Crippen LogP contribution in [0.4, 0.5) is 4.39 Å². The summed E-state index contributed by atoms with van der Waals surface area (Å²) in [6, 6.07) is 11.4. The largest absolute Gasteiger partial charge is 0.339 e. The number of nitrogens with zero attached hydrogens (tertiary/aromatic N) is 2. The zero-order chi connectivity index (χ0) is 20.4. The Kier molecular flexibility index (Phi) is 5.45. The summed E-state index contributed by atoms with van der Waals surface area (Å²) in [6.07, 6.45) is 3.31.